The van der Waals surface area contributed by atoms with Crippen molar-refractivity contribution in [2.24, 2.45) is 0 Å². The van der Waals surface area contributed by atoms with Crippen LogP contribution in [0.5, 0.6) is 0 Å². The van der Waals surface area contributed by atoms with Gasteiger partial charge in [0.05, 0.1) is 0 Å². The van der Waals surface area contributed by atoms with Crippen LogP contribution < -0.4 is 11.1 Å². The summed E-state index contributed by atoms with van der Waals surface area (Å²) in [4.78, 5) is 7.60. The van der Waals surface area contributed by atoms with Crippen molar-refractivity contribution < 1.29 is 0 Å². The van der Waals surface area contributed by atoms with E-state index in [-0.39, 0.29) is 5.95 Å². The fourth-order valence-corrected chi connectivity index (χ4v) is 1.33. The lowest BCUT2D eigenvalue weighted by molar-refractivity contribution is 1.22. The van der Waals surface area contributed by atoms with Crippen LogP contribution in [0.15, 0.2) is 0 Å². The Balaban J connectivity index is 3.19. The first-order valence-corrected chi connectivity index (χ1v) is 3.77. The molecule has 0 amide bonds. The smallest absolute Gasteiger partial charge is 0.224 e. The first-order chi connectivity index (χ1) is 4.72. The summed E-state index contributed by atoms with van der Waals surface area (Å²) in [6.07, 6.45) is 0. The number of anilines is 2. The third kappa shape index (κ3) is 1.61. The Morgan fingerprint density at radius 1 is 1.60 bits per heavy atom. The maximum absolute atomic E-state index is 5.31. The second-order valence-corrected chi connectivity index (χ2v) is 3.13. The molecule has 10 heavy (non-hydrogen) atoms. The normalized spacial score (nSPS) is 9.30. The molecule has 0 aliphatic heterocycles. The van der Waals surface area contributed by atoms with Gasteiger partial charge in [0.25, 0.3) is 0 Å². The maximum atomic E-state index is 5.31. The van der Waals surface area contributed by atoms with Gasteiger partial charge in [-0.25, -0.2) is 0 Å². The minimum atomic E-state index is 0.216. The summed E-state index contributed by atoms with van der Waals surface area (Å²) in [5.74, 6) is 0.216. The number of nitrogens with one attached hydrogen (secondary N) is 1. The molecule has 54 valence electrons. The van der Waals surface area contributed by atoms with Crippen molar-refractivity contribution in [3.63, 3.8) is 0 Å². The van der Waals surface area contributed by atoms with Crippen LogP contribution in [0.3, 0.4) is 0 Å². The molecule has 0 aliphatic rings. The number of nitrogens with two attached hydrogens (primary N) is 1. The highest BCUT2D eigenvalue weighted by atomic mass is 32.1. The quantitative estimate of drug-likeness (QED) is 0.619. The van der Waals surface area contributed by atoms with Crippen molar-refractivity contribution in [3.05, 3.63) is 3.95 Å². The van der Waals surface area contributed by atoms with E-state index in [0.717, 1.165) is 0 Å². The largest absolute Gasteiger partial charge is 0.368 e. The zero-order valence-corrected chi connectivity index (χ0v) is 6.92. The highest BCUT2D eigenvalue weighted by molar-refractivity contribution is 7.73. The van der Waals surface area contributed by atoms with Crippen LogP contribution in [0.4, 0.5) is 11.1 Å². The van der Waals surface area contributed by atoms with Gasteiger partial charge in [-0.2, -0.15) is 9.97 Å². The molecule has 0 aromatic carbocycles. The van der Waals surface area contributed by atoms with E-state index in [1.807, 2.05) is 0 Å². The summed E-state index contributed by atoms with van der Waals surface area (Å²) in [7, 11) is 1.76. The van der Waals surface area contributed by atoms with E-state index in [4.69, 9.17) is 18.0 Å². The molecule has 0 aliphatic carbocycles. The number of nitrogens with zero attached hydrogens (tertiary/aromatic N) is 2. The number of hydrogen-bond donors (Lipinski definition) is 2. The van der Waals surface area contributed by atoms with Gasteiger partial charge < -0.3 is 11.1 Å². The van der Waals surface area contributed by atoms with Gasteiger partial charge in [-0.05, 0) is 12.2 Å². The lowest BCUT2D eigenvalue weighted by atomic mass is 11.0. The molecule has 0 saturated carbocycles. The minimum absolute atomic E-state index is 0.216. The van der Waals surface area contributed by atoms with Crippen LogP contribution in [0.1, 0.15) is 0 Å². The second kappa shape index (κ2) is 2.89. The molecule has 0 bridgehead atoms. The van der Waals surface area contributed by atoms with E-state index in [1.165, 1.54) is 11.3 Å². The summed E-state index contributed by atoms with van der Waals surface area (Å²) in [6, 6.07) is 0. The molecule has 4 nitrogen and oxygen atoms in total. The van der Waals surface area contributed by atoms with Gasteiger partial charge in [0.2, 0.25) is 5.95 Å². The fraction of sp³-hybridized carbons (Fsp3) is 0.250. The topological polar surface area (TPSA) is 63.8 Å². The molecule has 1 heterocycles. The summed E-state index contributed by atoms with van der Waals surface area (Å²) >= 11 is 6.09. The van der Waals surface area contributed by atoms with Crippen LogP contribution in [-0.4, -0.2) is 17.0 Å². The number of rotatable bonds is 1. The summed E-state index contributed by atoms with van der Waals surface area (Å²) < 4.78 is 0.497. The van der Waals surface area contributed by atoms with Crippen LogP contribution in [0.25, 0.3) is 0 Å². The van der Waals surface area contributed by atoms with Gasteiger partial charge in [0.15, 0.2) is 9.09 Å². The van der Waals surface area contributed by atoms with Gasteiger partial charge in [0, 0.05) is 7.05 Å². The molecule has 6 heteroatoms. The summed E-state index contributed by atoms with van der Waals surface area (Å²) in [5.41, 5.74) is 5.31. The highest BCUT2D eigenvalue weighted by Gasteiger charge is 1.93. The van der Waals surface area contributed by atoms with Crippen molar-refractivity contribution in [2.75, 3.05) is 18.1 Å². The van der Waals surface area contributed by atoms with Gasteiger partial charge in [-0.15, -0.1) is 0 Å². The van der Waals surface area contributed by atoms with Crippen molar-refractivity contribution >= 4 is 34.6 Å². The predicted octanol–water partition coefficient (Wildman–Crippen LogP) is 0.891. The molecular formula is C4H6N4S2. The van der Waals surface area contributed by atoms with Crippen molar-refractivity contribution in [1.82, 2.24) is 9.97 Å². The Labute approximate surface area is 67.1 Å². The molecule has 0 unspecified atom stereocenters. The average molecular weight is 174 g/mol. The van der Waals surface area contributed by atoms with Gasteiger partial charge in [0.1, 0.15) is 0 Å². The van der Waals surface area contributed by atoms with Gasteiger partial charge in [-0.3, -0.25) is 0 Å². The highest BCUT2D eigenvalue weighted by Crippen LogP contribution is 2.11. The fourth-order valence-electron chi connectivity index (χ4n) is 0.458. The molecule has 1 aromatic rings. The van der Waals surface area contributed by atoms with E-state index in [1.54, 1.807) is 7.05 Å². The molecule has 0 fully saturated rings. The molecule has 0 atom stereocenters. The minimum Gasteiger partial charge on any atom is -0.368 e. The molecule has 0 saturated heterocycles. The van der Waals surface area contributed by atoms with Crippen LogP contribution >= 0.6 is 23.6 Å². The van der Waals surface area contributed by atoms with E-state index in [2.05, 4.69) is 15.3 Å². The standard InChI is InChI=1S/C4H6N4S2/c1-6-3-7-2(5)8-4(9)10-3/h1H3,(H3,5,6,7,8,9). The molecule has 3 N–H and O–H groups in total. The Bertz CT molecular complexity index is 281. The second-order valence-electron chi connectivity index (χ2n) is 1.50. The maximum Gasteiger partial charge on any atom is 0.224 e. The molecule has 0 spiro atoms. The lowest BCUT2D eigenvalue weighted by Crippen LogP contribution is -1.97. The predicted molar refractivity (Wildman–Crippen MR) is 44.7 cm³/mol. The number of hydrogen-bond acceptors (Lipinski definition) is 6. The first kappa shape index (κ1) is 7.36. The number of aromatic nitrogens is 2. The van der Waals surface area contributed by atoms with E-state index < -0.39 is 0 Å². The monoisotopic (exact) mass is 174 g/mol. The molecular weight excluding hydrogens is 168 g/mol. The van der Waals surface area contributed by atoms with Crippen LogP contribution in [0, 0.1) is 3.95 Å². The van der Waals surface area contributed by atoms with Crippen molar-refractivity contribution in [2.45, 2.75) is 0 Å². The Morgan fingerprint density at radius 3 is 2.80 bits per heavy atom. The third-order valence-electron chi connectivity index (χ3n) is 0.820. The Kier molecular flexibility index (Phi) is 2.13. The average Bonchev–Trinajstić information content (AvgIpc) is 1.85. The Hall–Kier alpha value is -0.750. The van der Waals surface area contributed by atoms with E-state index in [9.17, 15) is 0 Å². The zero-order valence-electron chi connectivity index (χ0n) is 5.29. The zero-order chi connectivity index (χ0) is 7.56. The first-order valence-electron chi connectivity index (χ1n) is 2.55. The molecule has 1 aromatic heterocycles. The summed E-state index contributed by atoms with van der Waals surface area (Å²) in [5, 5.41) is 3.52. The van der Waals surface area contributed by atoms with E-state index >= 15 is 0 Å². The van der Waals surface area contributed by atoms with Crippen LogP contribution in [-0.2, 0) is 0 Å². The van der Waals surface area contributed by atoms with E-state index in [0.29, 0.717) is 9.09 Å². The van der Waals surface area contributed by atoms with Crippen LogP contribution in [0.2, 0.25) is 0 Å². The molecule has 1 rings (SSSR count). The van der Waals surface area contributed by atoms with Crippen molar-refractivity contribution in [3.8, 4) is 0 Å². The molecule has 0 radical (unpaired) electrons. The van der Waals surface area contributed by atoms with Crippen molar-refractivity contribution in [1.29, 1.82) is 0 Å². The summed E-state index contributed by atoms with van der Waals surface area (Å²) in [6.45, 7) is 0. The lowest BCUT2D eigenvalue weighted by Gasteiger charge is -1.95. The van der Waals surface area contributed by atoms with Gasteiger partial charge in [-0.1, -0.05) is 11.3 Å². The van der Waals surface area contributed by atoms with Gasteiger partial charge >= 0.3 is 0 Å². The third-order valence-corrected chi connectivity index (χ3v) is 1.92. The Morgan fingerprint density at radius 2 is 2.30 bits per heavy atom. The number of nitrogen functional groups attached to an aromatic ring is 1. The SMILES string of the molecule is CNc1nc(N)nc(=S)s1.